The first-order valence-corrected chi connectivity index (χ1v) is 8.69. The van der Waals surface area contributed by atoms with Crippen molar-refractivity contribution in [1.29, 1.82) is 0 Å². The summed E-state index contributed by atoms with van der Waals surface area (Å²) in [7, 11) is 1.65. The average molecular weight is 535 g/mol. The van der Waals surface area contributed by atoms with Crippen LogP contribution in [0.4, 0.5) is 13.2 Å². The summed E-state index contributed by atoms with van der Waals surface area (Å²) >= 11 is 3.23. The number of benzene rings is 1. The summed E-state index contributed by atoms with van der Waals surface area (Å²) in [5.74, 6) is 0.303. The summed E-state index contributed by atoms with van der Waals surface area (Å²) in [6, 6.07) is 5.10. The van der Waals surface area contributed by atoms with E-state index in [1.54, 1.807) is 24.1 Å². The van der Waals surface area contributed by atoms with Gasteiger partial charge < -0.3 is 10.6 Å². The molecule has 0 radical (unpaired) electrons. The lowest BCUT2D eigenvalue weighted by Gasteiger charge is -2.32. The third-order valence-electron chi connectivity index (χ3n) is 4.01. The molecule has 4 nitrogen and oxygen atoms in total. The zero-order valence-electron chi connectivity index (χ0n) is 13.9. The first kappa shape index (κ1) is 22.5. The number of piperidine rings is 1. The fraction of sp³-hybridized carbons (Fsp3) is 0.562. The van der Waals surface area contributed by atoms with Crippen molar-refractivity contribution in [1.82, 2.24) is 15.5 Å². The zero-order valence-corrected chi connectivity index (χ0v) is 17.9. The van der Waals surface area contributed by atoms with E-state index in [1.807, 2.05) is 0 Å². The van der Waals surface area contributed by atoms with Gasteiger partial charge in [-0.05, 0) is 25.0 Å². The smallest absolute Gasteiger partial charge is 0.251 e. The van der Waals surface area contributed by atoms with Gasteiger partial charge in [-0.25, -0.2) is 13.2 Å². The van der Waals surface area contributed by atoms with Crippen molar-refractivity contribution in [3.05, 3.63) is 34.1 Å². The summed E-state index contributed by atoms with van der Waals surface area (Å²) in [5, 5.41) is 6.36. The van der Waals surface area contributed by atoms with Crippen molar-refractivity contribution in [3.8, 4) is 0 Å². The lowest BCUT2D eigenvalue weighted by atomic mass is 10.1. The van der Waals surface area contributed by atoms with Crippen LogP contribution in [-0.4, -0.2) is 50.0 Å². The Bertz CT molecular complexity index is 566. The molecule has 1 aliphatic heterocycles. The van der Waals surface area contributed by atoms with E-state index in [0.29, 0.717) is 35.6 Å². The van der Waals surface area contributed by atoms with E-state index in [2.05, 4.69) is 31.6 Å². The molecule has 0 amide bonds. The van der Waals surface area contributed by atoms with Gasteiger partial charge in [0.05, 0.1) is 6.54 Å². The molecular formula is C16H23BrF3IN4. The third kappa shape index (κ3) is 7.69. The molecule has 0 unspecified atom stereocenters. The second-order valence-corrected chi connectivity index (χ2v) is 6.69. The van der Waals surface area contributed by atoms with Crippen molar-refractivity contribution in [2.75, 3.05) is 26.7 Å². The standard InChI is InChI=1S/C16H22BrF3N4.HI/c1-21-16(22-9-11-2-3-12(17)8-14(11)18)23-13-4-6-24(7-5-13)10-15(19)20;/h2-3,8,13,15H,4-7,9-10H2,1H3,(H2,21,22,23);1H. The van der Waals surface area contributed by atoms with Gasteiger partial charge in [0.2, 0.25) is 0 Å². The molecule has 0 aromatic heterocycles. The molecule has 0 bridgehead atoms. The van der Waals surface area contributed by atoms with E-state index in [4.69, 9.17) is 0 Å². The summed E-state index contributed by atoms with van der Waals surface area (Å²) in [4.78, 5) is 5.92. The molecule has 1 fully saturated rings. The highest BCUT2D eigenvalue weighted by Crippen LogP contribution is 2.15. The number of hydrogen-bond acceptors (Lipinski definition) is 2. The molecule has 1 aromatic rings. The van der Waals surface area contributed by atoms with Crippen molar-refractivity contribution in [2.24, 2.45) is 4.99 Å². The van der Waals surface area contributed by atoms with Crippen LogP contribution < -0.4 is 10.6 Å². The SMILES string of the molecule is CN=C(NCc1ccc(Br)cc1F)NC1CCN(CC(F)F)CC1.I. The molecule has 0 saturated carbocycles. The third-order valence-corrected chi connectivity index (χ3v) is 4.50. The molecule has 1 heterocycles. The molecule has 0 spiro atoms. The number of likely N-dealkylation sites (tertiary alicyclic amines) is 1. The Morgan fingerprint density at radius 2 is 2.04 bits per heavy atom. The van der Waals surface area contributed by atoms with Crippen LogP contribution >= 0.6 is 39.9 Å². The zero-order chi connectivity index (χ0) is 17.5. The lowest BCUT2D eigenvalue weighted by molar-refractivity contribution is 0.0744. The number of guanidine groups is 1. The van der Waals surface area contributed by atoms with Crippen molar-refractivity contribution < 1.29 is 13.2 Å². The van der Waals surface area contributed by atoms with Gasteiger partial charge >= 0.3 is 0 Å². The van der Waals surface area contributed by atoms with E-state index in [0.717, 1.165) is 12.8 Å². The van der Waals surface area contributed by atoms with Gasteiger partial charge in [0, 0.05) is 42.8 Å². The van der Waals surface area contributed by atoms with Crippen LogP contribution in [0.1, 0.15) is 18.4 Å². The minimum absolute atomic E-state index is 0. The van der Waals surface area contributed by atoms with Gasteiger partial charge in [-0.3, -0.25) is 9.89 Å². The molecule has 25 heavy (non-hydrogen) atoms. The molecule has 1 saturated heterocycles. The summed E-state index contributed by atoms with van der Waals surface area (Å²) in [6.07, 6.45) is -0.732. The highest BCUT2D eigenvalue weighted by Gasteiger charge is 2.21. The fourth-order valence-electron chi connectivity index (χ4n) is 2.69. The quantitative estimate of drug-likeness (QED) is 0.344. The molecule has 9 heteroatoms. The number of rotatable bonds is 5. The number of halogens is 5. The number of nitrogens with one attached hydrogen (secondary N) is 2. The topological polar surface area (TPSA) is 39.7 Å². The second-order valence-electron chi connectivity index (χ2n) is 5.77. The van der Waals surface area contributed by atoms with Gasteiger partial charge in [-0.2, -0.15) is 0 Å². The molecule has 1 aliphatic rings. The predicted octanol–water partition coefficient (Wildman–Crippen LogP) is 3.60. The van der Waals surface area contributed by atoms with Crippen molar-refractivity contribution in [2.45, 2.75) is 31.9 Å². The molecule has 1 aromatic carbocycles. The summed E-state index contributed by atoms with van der Waals surface area (Å²) in [6.45, 7) is 1.44. The first-order valence-electron chi connectivity index (χ1n) is 7.89. The van der Waals surface area contributed by atoms with Gasteiger partial charge in [0.15, 0.2) is 5.96 Å². The Morgan fingerprint density at radius 1 is 1.36 bits per heavy atom. The van der Waals surface area contributed by atoms with Gasteiger partial charge in [-0.15, -0.1) is 24.0 Å². The van der Waals surface area contributed by atoms with Crippen LogP contribution in [0.5, 0.6) is 0 Å². The normalized spacial score (nSPS) is 16.6. The van der Waals surface area contributed by atoms with Crippen LogP contribution in [-0.2, 0) is 6.54 Å². The molecule has 0 atom stereocenters. The highest BCUT2D eigenvalue weighted by molar-refractivity contribution is 14.0. The van der Waals surface area contributed by atoms with Gasteiger partial charge in [0.25, 0.3) is 6.43 Å². The number of hydrogen-bond donors (Lipinski definition) is 2. The van der Waals surface area contributed by atoms with Gasteiger partial charge in [0.1, 0.15) is 5.82 Å². The highest BCUT2D eigenvalue weighted by atomic mass is 127. The Kier molecular flexibility index (Phi) is 10.1. The minimum Gasteiger partial charge on any atom is -0.354 e. The molecule has 2 N–H and O–H groups in total. The number of alkyl halides is 2. The van der Waals surface area contributed by atoms with Crippen LogP contribution in [0, 0.1) is 5.82 Å². The maximum atomic E-state index is 13.8. The molecule has 142 valence electrons. The maximum absolute atomic E-state index is 13.8. The Labute approximate surface area is 171 Å². The van der Waals surface area contributed by atoms with Crippen LogP contribution in [0.15, 0.2) is 27.7 Å². The van der Waals surface area contributed by atoms with Crippen LogP contribution in [0.25, 0.3) is 0 Å². The van der Waals surface area contributed by atoms with E-state index >= 15 is 0 Å². The first-order chi connectivity index (χ1) is 11.5. The van der Waals surface area contributed by atoms with E-state index in [-0.39, 0.29) is 42.4 Å². The Balaban J connectivity index is 0.00000312. The molecule has 2 rings (SSSR count). The average Bonchev–Trinajstić information content (AvgIpc) is 2.54. The summed E-state index contributed by atoms with van der Waals surface area (Å²) in [5.41, 5.74) is 0.549. The number of nitrogens with zero attached hydrogens (tertiary/aromatic N) is 2. The monoisotopic (exact) mass is 534 g/mol. The Morgan fingerprint density at radius 3 is 2.60 bits per heavy atom. The lowest BCUT2D eigenvalue weighted by Crippen LogP contribution is -2.49. The molecule has 0 aliphatic carbocycles. The minimum atomic E-state index is -2.29. The second kappa shape index (κ2) is 11.2. The van der Waals surface area contributed by atoms with Gasteiger partial charge in [-0.1, -0.05) is 22.0 Å². The van der Waals surface area contributed by atoms with Crippen LogP contribution in [0.3, 0.4) is 0 Å². The van der Waals surface area contributed by atoms with E-state index < -0.39 is 6.43 Å². The summed E-state index contributed by atoms with van der Waals surface area (Å²) < 4.78 is 39.3. The van der Waals surface area contributed by atoms with E-state index in [1.165, 1.54) is 6.07 Å². The molecular weight excluding hydrogens is 512 g/mol. The van der Waals surface area contributed by atoms with E-state index in [9.17, 15) is 13.2 Å². The number of aliphatic imine (C=N–C) groups is 1. The largest absolute Gasteiger partial charge is 0.354 e. The van der Waals surface area contributed by atoms with Crippen molar-refractivity contribution in [3.63, 3.8) is 0 Å². The predicted molar refractivity (Wildman–Crippen MR) is 108 cm³/mol. The Hall–Kier alpha value is -0.550. The van der Waals surface area contributed by atoms with Crippen LogP contribution in [0.2, 0.25) is 0 Å². The maximum Gasteiger partial charge on any atom is 0.251 e. The van der Waals surface area contributed by atoms with Crippen molar-refractivity contribution >= 4 is 45.9 Å². The fourth-order valence-corrected chi connectivity index (χ4v) is 3.02.